The first-order valence-corrected chi connectivity index (χ1v) is 10.5. The molecule has 1 rings (SSSR count). The third-order valence-electron chi connectivity index (χ3n) is 4.93. The number of hydrazine groups is 1. The quantitative estimate of drug-likeness (QED) is 0.359. The number of rotatable bonds is 15. The van der Waals surface area contributed by atoms with E-state index < -0.39 is 0 Å². The van der Waals surface area contributed by atoms with Gasteiger partial charge in [0.1, 0.15) is 0 Å². The van der Waals surface area contributed by atoms with Gasteiger partial charge in [0.25, 0.3) is 0 Å². The maximum Gasteiger partial charge on any atom is 0.307 e. The molecule has 1 aliphatic heterocycles. The van der Waals surface area contributed by atoms with Crippen molar-refractivity contribution in [3.8, 4) is 0 Å². The van der Waals surface area contributed by atoms with E-state index in [0.29, 0.717) is 19.6 Å². The number of esters is 1. The monoisotopic (exact) mass is 355 g/mol. The predicted molar refractivity (Wildman–Crippen MR) is 104 cm³/mol. The summed E-state index contributed by atoms with van der Waals surface area (Å²) in [6, 6.07) is 0. The molecule has 1 saturated heterocycles. The van der Waals surface area contributed by atoms with Gasteiger partial charge in [-0.15, -0.1) is 0 Å². The first-order valence-electron chi connectivity index (χ1n) is 10.5. The molecule has 0 unspecified atom stereocenters. The normalized spacial score (nSPS) is 16.2. The lowest BCUT2D eigenvalue weighted by Crippen LogP contribution is -2.51. The number of carbonyl (C=O) groups excluding carboxylic acids is 1. The number of piperazine rings is 1. The molecule has 0 bridgehead atoms. The Bertz CT molecular complexity index is 318. The van der Waals surface area contributed by atoms with Crippen molar-refractivity contribution in [3.05, 3.63) is 0 Å². The highest BCUT2D eigenvalue weighted by Gasteiger charge is 2.13. The zero-order chi connectivity index (χ0) is 18.2. The highest BCUT2D eigenvalue weighted by Crippen LogP contribution is 2.10. The van der Waals surface area contributed by atoms with Crippen LogP contribution in [0.25, 0.3) is 0 Å². The van der Waals surface area contributed by atoms with Crippen LogP contribution in [0.4, 0.5) is 0 Å². The Hall–Kier alpha value is -0.650. The highest BCUT2D eigenvalue weighted by atomic mass is 16.5. The van der Waals surface area contributed by atoms with Crippen molar-refractivity contribution in [1.29, 1.82) is 0 Å². The van der Waals surface area contributed by atoms with Gasteiger partial charge in [-0.1, -0.05) is 64.7 Å². The van der Waals surface area contributed by atoms with Crippen molar-refractivity contribution in [2.45, 2.75) is 77.6 Å². The lowest BCUT2D eigenvalue weighted by atomic mass is 10.1. The molecule has 5 nitrogen and oxygen atoms in total. The van der Waals surface area contributed by atoms with Gasteiger partial charge in [-0.3, -0.25) is 10.2 Å². The second-order valence-electron chi connectivity index (χ2n) is 7.35. The Morgan fingerprint density at radius 1 is 0.880 bits per heavy atom. The Kier molecular flexibility index (Phi) is 14.0. The van der Waals surface area contributed by atoms with Crippen molar-refractivity contribution in [3.63, 3.8) is 0 Å². The molecule has 0 aromatic heterocycles. The first-order chi connectivity index (χ1) is 12.2. The standard InChI is InChI=1S/C20H41N3O2/c1-3-4-5-6-7-8-9-10-11-12-19-25-20(24)13-14-21-23-17-15-22(2)16-18-23/h21H,3-19H2,1-2H3. The van der Waals surface area contributed by atoms with E-state index in [2.05, 4.69) is 29.3 Å². The van der Waals surface area contributed by atoms with Crippen molar-refractivity contribution >= 4 is 5.97 Å². The summed E-state index contributed by atoms with van der Waals surface area (Å²) >= 11 is 0. The number of nitrogens with zero attached hydrogens (tertiary/aromatic N) is 2. The second-order valence-corrected chi connectivity index (χ2v) is 7.35. The van der Waals surface area contributed by atoms with E-state index in [1.165, 1.54) is 57.8 Å². The van der Waals surface area contributed by atoms with Crippen LogP contribution in [-0.4, -0.2) is 62.3 Å². The molecule has 0 aromatic rings. The van der Waals surface area contributed by atoms with Crippen molar-refractivity contribution in [2.75, 3.05) is 46.4 Å². The lowest BCUT2D eigenvalue weighted by molar-refractivity contribution is -0.143. The molecular weight excluding hydrogens is 314 g/mol. The minimum atomic E-state index is -0.0717. The molecule has 25 heavy (non-hydrogen) atoms. The van der Waals surface area contributed by atoms with Gasteiger partial charge in [-0.25, -0.2) is 5.01 Å². The zero-order valence-corrected chi connectivity index (χ0v) is 16.7. The second kappa shape index (κ2) is 15.6. The molecular formula is C20H41N3O2. The van der Waals surface area contributed by atoms with Crippen molar-refractivity contribution < 1.29 is 9.53 Å². The minimum Gasteiger partial charge on any atom is -0.466 e. The molecule has 1 N–H and O–H groups in total. The van der Waals surface area contributed by atoms with E-state index in [-0.39, 0.29) is 5.97 Å². The summed E-state index contributed by atoms with van der Waals surface area (Å²) < 4.78 is 5.31. The van der Waals surface area contributed by atoms with Crippen molar-refractivity contribution in [1.82, 2.24) is 15.3 Å². The third-order valence-corrected chi connectivity index (χ3v) is 4.93. The summed E-state index contributed by atoms with van der Waals surface area (Å²) in [4.78, 5) is 14.0. The summed E-state index contributed by atoms with van der Waals surface area (Å²) in [5.74, 6) is -0.0717. The smallest absolute Gasteiger partial charge is 0.307 e. The fourth-order valence-corrected chi connectivity index (χ4v) is 3.13. The van der Waals surface area contributed by atoms with Gasteiger partial charge < -0.3 is 9.64 Å². The van der Waals surface area contributed by atoms with E-state index in [1.54, 1.807) is 0 Å². The van der Waals surface area contributed by atoms with E-state index in [4.69, 9.17) is 4.74 Å². The van der Waals surface area contributed by atoms with Crippen LogP contribution < -0.4 is 5.43 Å². The molecule has 1 aliphatic rings. The molecule has 0 amide bonds. The van der Waals surface area contributed by atoms with Crippen LogP contribution in [0.1, 0.15) is 77.6 Å². The van der Waals surface area contributed by atoms with Crippen LogP contribution in [0.5, 0.6) is 0 Å². The number of unbranched alkanes of at least 4 members (excludes halogenated alkanes) is 9. The number of hydrogen-bond acceptors (Lipinski definition) is 5. The van der Waals surface area contributed by atoms with Crippen LogP contribution in [0.2, 0.25) is 0 Å². The Balaban J connectivity index is 1.80. The zero-order valence-electron chi connectivity index (χ0n) is 16.7. The summed E-state index contributed by atoms with van der Waals surface area (Å²) in [6.45, 7) is 7.72. The average molecular weight is 356 g/mol. The minimum absolute atomic E-state index is 0.0717. The molecule has 0 radical (unpaired) electrons. The summed E-state index contributed by atoms with van der Waals surface area (Å²) in [5, 5.41) is 2.20. The van der Waals surface area contributed by atoms with Gasteiger partial charge >= 0.3 is 5.97 Å². The van der Waals surface area contributed by atoms with E-state index in [9.17, 15) is 4.79 Å². The number of hydrogen-bond donors (Lipinski definition) is 1. The molecule has 0 saturated carbocycles. The molecule has 0 aliphatic carbocycles. The summed E-state index contributed by atoms with van der Waals surface area (Å²) in [5.41, 5.74) is 3.32. The maximum atomic E-state index is 11.7. The van der Waals surface area contributed by atoms with Crippen LogP contribution in [0.15, 0.2) is 0 Å². The lowest BCUT2D eigenvalue weighted by Gasteiger charge is -2.32. The van der Waals surface area contributed by atoms with Gasteiger partial charge in [0.05, 0.1) is 13.0 Å². The van der Waals surface area contributed by atoms with Crippen LogP contribution in [0, 0.1) is 0 Å². The Labute approximate surface area is 155 Å². The van der Waals surface area contributed by atoms with Gasteiger partial charge in [0, 0.05) is 32.7 Å². The van der Waals surface area contributed by atoms with Gasteiger partial charge in [0.2, 0.25) is 0 Å². The Morgan fingerprint density at radius 3 is 2.04 bits per heavy atom. The van der Waals surface area contributed by atoms with E-state index in [0.717, 1.165) is 32.6 Å². The van der Waals surface area contributed by atoms with Crippen LogP contribution >= 0.6 is 0 Å². The molecule has 5 heteroatoms. The molecule has 148 valence electrons. The predicted octanol–water partition coefficient (Wildman–Crippen LogP) is 3.59. The molecule has 0 atom stereocenters. The van der Waals surface area contributed by atoms with E-state index >= 15 is 0 Å². The summed E-state index contributed by atoms with van der Waals surface area (Å²) in [7, 11) is 2.14. The highest BCUT2D eigenvalue weighted by molar-refractivity contribution is 5.69. The Morgan fingerprint density at radius 2 is 1.44 bits per heavy atom. The van der Waals surface area contributed by atoms with Crippen LogP contribution in [-0.2, 0) is 9.53 Å². The fourth-order valence-electron chi connectivity index (χ4n) is 3.13. The van der Waals surface area contributed by atoms with Gasteiger partial charge in [-0.2, -0.15) is 0 Å². The van der Waals surface area contributed by atoms with Gasteiger partial charge in [0.15, 0.2) is 0 Å². The number of ether oxygens (including phenoxy) is 1. The topological polar surface area (TPSA) is 44.8 Å². The fraction of sp³-hybridized carbons (Fsp3) is 0.950. The maximum absolute atomic E-state index is 11.7. The molecule has 0 aromatic carbocycles. The van der Waals surface area contributed by atoms with Crippen molar-refractivity contribution in [2.24, 2.45) is 0 Å². The number of nitrogens with one attached hydrogen (secondary N) is 1. The molecule has 1 heterocycles. The van der Waals surface area contributed by atoms with Gasteiger partial charge in [-0.05, 0) is 13.5 Å². The van der Waals surface area contributed by atoms with Crippen LogP contribution in [0.3, 0.4) is 0 Å². The SMILES string of the molecule is CCCCCCCCCCCCOC(=O)CCNN1CCN(C)CC1. The first kappa shape index (κ1) is 22.4. The third kappa shape index (κ3) is 13.2. The number of carbonyl (C=O) groups is 1. The summed E-state index contributed by atoms with van der Waals surface area (Å²) in [6.07, 6.45) is 13.5. The number of likely N-dealkylation sites (N-methyl/N-ethyl adjacent to an activating group) is 1. The van der Waals surface area contributed by atoms with E-state index in [1.807, 2.05) is 0 Å². The largest absolute Gasteiger partial charge is 0.466 e. The molecule has 1 fully saturated rings. The molecule has 0 spiro atoms. The average Bonchev–Trinajstić information content (AvgIpc) is 2.61.